The second kappa shape index (κ2) is 5.67. The summed E-state index contributed by atoms with van der Waals surface area (Å²) in [6.45, 7) is -0.261. The Bertz CT molecular complexity index is 773. The molecule has 21 heavy (non-hydrogen) atoms. The third kappa shape index (κ3) is 3.44. The number of carboxylic acid groups (broad SMARTS) is 1. The summed E-state index contributed by atoms with van der Waals surface area (Å²) in [5.74, 6) is -1.70. The molecule has 2 rings (SSSR count). The van der Waals surface area contributed by atoms with Crippen molar-refractivity contribution in [1.82, 2.24) is 4.31 Å². The number of aromatic carboxylic acids is 1. The summed E-state index contributed by atoms with van der Waals surface area (Å²) in [6.07, 6.45) is 0. The van der Waals surface area contributed by atoms with Gasteiger partial charge in [0.25, 0.3) is 0 Å². The molecule has 1 aliphatic rings. The molecule has 0 spiro atoms. The van der Waals surface area contributed by atoms with Crippen LogP contribution in [0.4, 0.5) is 0 Å². The highest BCUT2D eigenvalue weighted by Crippen LogP contribution is 2.27. The molecule has 10 heteroatoms. The number of nitrogens with zero attached hydrogens (tertiary/aromatic N) is 1. The average molecular weight is 398 g/mol. The maximum absolute atomic E-state index is 12.5. The third-order valence-corrected chi connectivity index (χ3v) is 7.60. The van der Waals surface area contributed by atoms with E-state index in [1.54, 1.807) is 0 Å². The van der Waals surface area contributed by atoms with E-state index in [-0.39, 0.29) is 39.5 Å². The van der Waals surface area contributed by atoms with Gasteiger partial charge in [0.15, 0.2) is 9.84 Å². The predicted molar refractivity (Wildman–Crippen MR) is 78.5 cm³/mol. The maximum atomic E-state index is 12.5. The molecule has 0 unspecified atom stereocenters. The van der Waals surface area contributed by atoms with Gasteiger partial charge in [0.1, 0.15) is 0 Å². The molecule has 7 nitrogen and oxygen atoms in total. The van der Waals surface area contributed by atoms with E-state index in [4.69, 9.17) is 5.11 Å². The Kier molecular flexibility index (Phi) is 4.43. The second-order valence-electron chi connectivity index (χ2n) is 4.51. The van der Waals surface area contributed by atoms with Crippen molar-refractivity contribution < 1.29 is 26.7 Å². The first-order valence-corrected chi connectivity index (χ1v) is 9.92. The van der Waals surface area contributed by atoms with Gasteiger partial charge in [0.05, 0.1) is 22.0 Å². The fraction of sp³-hybridized carbons (Fsp3) is 0.364. The minimum Gasteiger partial charge on any atom is -0.478 e. The van der Waals surface area contributed by atoms with Gasteiger partial charge in [-0.2, -0.15) is 4.31 Å². The molecule has 0 amide bonds. The van der Waals surface area contributed by atoms with Gasteiger partial charge in [-0.25, -0.2) is 21.6 Å². The Hall–Kier alpha value is -0.970. The smallest absolute Gasteiger partial charge is 0.335 e. The first-order chi connectivity index (χ1) is 9.63. The lowest BCUT2D eigenvalue weighted by molar-refractivity contribution is 0.0696. The van der Waals surface area contributed by atoms with Crippen molar-refractivity contribution in [3.63, 3.8) is 0 Å². The van der Waals surface area contributed by atoms with E-state index in [2.05, 4.69) is 15.9 Å². The van der Waals surface area contributed by atoms with Crippen molar-refractivity contribution >= 4 is 41.8 Å². The Morgan fingerprint density at radius 3 is 2.33 bits per heavy atom. The van der Waals surface area contributed by atoms with E-state index in [0.717, 1.165) is 10.4 Å². The largest absolute Gasteiger partial charge is 0.478 e. The fourth-order valence-corrected chi connectivity index (χ4v) is 5.73. The first-order valence-electron chi connectivity index (χ1n) is 5.87. The molecular weight excluding hydrogens is 386 g/mol. The van der Waals surface area contributed by atoms with Crippen LogP contribution in [-0.2, 0) is 19.9 Å². The van der Waals surface area contributed by atoms with E-state index in [0.29, 0.717) is 0 Å². The van der Waals surface area contributed by atoms with Gasteiger partial charge in [-0.1, -0.05) is 0 Å². The van der Waals surface area contributed by atoms with Gasteiger partial charge in [-0.15, -0.1) is 0 Å². The Labute approximate surface area is 130 Å². The molecule has 116 valence electrons. The molecule has 0 aliphatic carbocycles. The highest BCUT2D eigenvalue weighted by atomic mass is 79.9. The Morgan fingerprint density at radius 2 is 1.81 bits per heavy atom. The van der Waals surface area contributed by atoms with E-state index < -0.39 is 25.8 Å². The van der Waals surface area contributed by atoms with Crippen LogP contribution >= 0.6 is 15.9 Å². The summed E-state index contributed by atoms with van der Waals surface area (Å²) in [6, 6.07) is 3.69. The van der Waals surface area contributed by atoms with Crippen molar-refractivity contribution in [2.45, 2.75) is 4.90 Å². The number of carbonyl (C=O) groups is 1. The maximum Gasteiger partial charge on any atom is 0.335 e. The molecule has 1 fully saturated rings. The highest BCUT2D eigenvalue weighted by molar-refractivity contribution is 9.10. The van der Waals surface area contributed by atoms with Crippen LogP contribution in [0.3, 0.4) is 0 Å². The van der Waals surface area contributed by atoms with Gasteiger partial charge < -0.3 is 5.11 Å². The van der Waals surface area contributed by atoms with E-state index >= 15 is 0 Å². The number of sulfonamides is 1. The van der Waals surface area contributed by atoms with Gasteiger partial charge in [0.2, 0.25) is 10.0 Å². The standard InChI is InChI=1S/C11H12BrNO6S2/c12-9-2-1-8(11(14)15)7-10(9)21(18,19)13-3-5-20(16,17)6-4-13/h1-2,7H,3-6H2,(H,14,15). The van der Waals surface area contributed by atoms with Crippen LogP contribution in [0.2, 0.25) is 0 Å². The van der Waals surface area contributed by atoms with Crippen molar-refractivity contribution in [1.29, 1.82) is 0 Å². The minimum absolute atomic E-state index is 0.131. The number of benzene rings is 1. The van der Waals surface area contributed by atoms with Gasteiger partial charge in [0, 0.05) is 17.6 Å². The third-order valence-electron chi connectivity index (χ3n) is 3.10. The molecule has 1 N–H and O–H groups in total. The monoisotopic (exact) mass is 397 g/mol. The van der Waals surface area contributed by atoms with E-state index in [9.17, 15) is 21.6 Å². The van der Waals surface area contributed by atoms with Crippen LogP contribution in [0, 0.1) is 0 Å². The number of rotatable bonds is 3. The molecule has 0 aromatic heterocycles. The van der Waals surface area contributed by atoms with Crippen LogP contribution in [0.15, 0.2) is 27.6 Å². The van der Waals surface area contributed by atoms with Gasteiger partial charge >= 0.3 is 5.97 Å². The highest BCUT2D eigenvalue weighted by Gasteiger charge is 2.32. The molecule has 0 atom stereocenters. The molecule has 0 radical (unpaired) electrons. The summed E-state index contributed by atoms with van der Waals surface area (Å²) < 4.78 is 49.0. The molecule has 1 heterocycles. The Balaban J connectivity index is 2.40. The zero-order valence-electron chi connectivity index (χ0n) is 10.7. The molecule has 1 aromatic rings. The molecule has 0 saturated carbocycles. The lowest BCUT2D eigenvalue weighted by Gasteiger charge is -2.26. The molecule has 0 bridgehead atoms. The van der Waals surface area contributed by atoms with Crippen LogP contribution in [0.25, 0.3) is 0 Å². The summed E-state index contributed by atoms with van der Waals surface area (Å²) in [5, 5.41) is 8.94. The minimum atomic E-state index is -3.94. The van der Waals surface area contributed by atoms with E-state index in [1.165, 1.54) is 12.1 Å². The molecule has 1 aliphatic heterocycles. The van der Waals surface area contributed by atoms with Crippen LogP contribution < -0.4 is 0 Å². The summed E-state index contributed by atoms with van der Waals surface area (Å²) in [4.78, 5) is 10.8. The first kappa shape index (κ1) is 16.4. The van der Waals surface area contributed by atoms with Crippen molar-refractivity contribution in [2.75, 3.05) is 24.6 Å². The zero-order chi connectivity index (χ0) is 15.8. The quantitative estimate of drug-likeness (QED) is 0.797. The zero-order valence-corrected chi connectivity index (χ0v) is 13.9. The topological polar surface area (TPSA) is 109 Å². The SMILES string of the molecule is O=C(O)c1ccc(Br)c(S(=O)(=O)N2CCS(=O)(=O)CC2)c1. The lowest BCUT2D eigenvalue weighted by atomic mass is 10.2. The van der Waals surface area contributed by atoms with Crippen LogP contribution in [-0.4, -0.2) is 56.8 Å². The summed E-state index contributed by atoms with van der Waals surface area (Å²) >= 11 is 3.09. The summed E-state index contributed by atoms with van der Waals surface area (Å²) in [5.41, 5.74) is -0.151. The predicted octanol–water partition coefficient (Wildman–Crippen LogP) is 0.566. The van der Waals surface area contributed by atoms with Crippen molar-refractivity contribution in [3.05, 3.63) is 28.2 Å². The molecule has 1 aromatic carbocycles. The van der Waals surface area contributed by atoms with E-state index in [1.807, 2.05) is 0 Å². The summed E-state index contributed by atoms with van der Waals surface area (Å²) in [7, 11) is -7.14. The number of hydrogen-bond acceptors (Lipinski definition) is 5. The number of sulfone groups is 1. The normalized spacial score (nSPS) is 19.3. The van der Waals surface area contributed by atoms with Crippen molar-refractivity contribution in [2.24, 2.45) is 0 Å². The second-order valence-corrected chi connectivity index (χ2v) is 9.57. The Morgan fingerprint density at radius 1 is 1.24 bits per heavy atom. The van der Waals surface area contributed by atoms with Gasteiger partial charge in [-0.3, -0.25) is 0 Å². The van der Waals surface area contributed by atoms with Crippen LogP contribution in [0.1, 0.15) is 10.4 Å². The van der Waals surface area contributed by atoms with Crippen LogP contribution in [0.5, 0.6) is 0 Å². The number of halogens is 1. The number of hydrogen-bond donors (Lipinski definition) is 1. The average Bonchev–Trinajstić information content (AvgIpc) is 2.38. The lowest BCUT2D eigenvalue weighted by Crippen LogP contribution is -2.43. The fourth-order valence-electron chi connectivity index (χ4n) is 1.91. The molecule has 1 saturated heterocycles. The van der Waals surface area contributed by atoms with Gasteiger partial charge in [-0.05, 0) is 34.1 Å². The van der Waals surface area contributed by atoms with Crippen molar-refractivity contribution in [3.8, 4) is 0 Å². The number of carboxylic acids is 1. The molecular formula is C11H12BrNO6S2.